The van der Waals surface area contributed by atoms with Crippen molar-refractivity contribution in [2.75, 3.05) is 11.1 Å². The summed E-state index contributed by atoms with van der Waals surface area (Å²) in [4.78, 5) is 11.6. The first-order valence-corrected chi connectivity index (χ1v) is 6.51. The number of para-hydroxylation sites is 1. The molecule has 0 bridgehead atoms. The molecule has 1 aromatic carbocycles. The number of hydrogen-bond acceptors (Lipinski definition) is 2. The fourth-order valence-corrected chi connectivity index (χ4v) is 1.88. The van der Waals surface area contributed by atoms with Crippen molar-refractivity contribution in [3.63, 3.8) is 0 Å². The number of benzene rings is 1. The summed E-state index contributed by atoms with van der Waals surface area (Å²) in [7, 11) is 0. The summed E-state index contributed by atoms with van der Waals surface area (Å²) in [5.41, 5.74) is 0.863. The van der Waals surface area contributed by atoms with E-state index in [2.05, 4.69) is 26.1 Å². The normalized spacial score (nSPS) is 11.2. The van der Waals surface area contributed by atoms with Crippen molar-refractivity contribution >= 4 is 23.4 Å². The smallest absolute Gasteiger partial charge is 0.234 e. The van der Waals surface area contributed by atoms with Gasteiger partial charge in [0.1, 0.15) is 0 Å². The summed E-state index contributed by atoms with van der Waals surface area (Å²) in [6.07, 6.45) is 1.07. The molecule has 0 saturated carbocycles. The average Bonchev–Trinajstić information content (AvgIpc) is 2.28. The number of rotatable bonds is 5. The fraction of sp³-hybridized carbons (Fsp3) is 0.462. The monoisotopic (exact) mass is 237 g/mol. The Hall–Kier alpha value is -0.960. The van der Waals surface area contributed by atoms with E-state index in [0.29, 0.717) is 5.75 Å². The Bertz CT molecular complexity index is 335. The van der Waals surface area contributed by atoms with Gasteiger partial charge in [0.25, 0.3) is 0 Å². The van der Waals surface area contributed by atoms with Crippen LogP contribution in [-0.4, -0.2) is 16.4 Å². The highest BCUT2D eigenvalue weighted by atomic mass is 32.2. The van der Waals surface area contributed by atoms with Gasteiger partial charge in [0.15, 0.2) is 0 Å². The molecule has 16 heavy (non-hydrogen) atoms. The van der Waals surface area contributed by atoms with Gasteiger partial charge in [-0.2, -0.15) is 0 Å². The number of hydrogen-bond donors (Lipinski definition) is 1. The molecule has 1 aromatic rings. The second kappa shape index (κ2) is 5.94. The van der Waals surface area contributed by atoms with E-state index in [4.69, 9.17) is 0 Å². The standard InChI is InChI=1S/C13H19NOS/c1-4-13(2,3)16-10-12(15)14-11-8-6-5-7-9-11/h5-9H,4,10H2,1-3H3,(H,14,15). The maximum absolute atomic E-state index is 11.6. The van der Waals surface area contributed by atoms with Gasteiger partial charge in [0.2, 0.25) is 5.91 Å². The van der Waals surface area contributed by atoms with Gasteiger partial charge in [-0.15, -0.1) is 11.8 Å². The van der Waals surface area contributed by atoms with Gasteiger partial charge in [0.05, 0.1) is 5.75 Å². The van der Waals surface area contributed by atoms with E-state index in [1.165, 1.54) is 0 Å². The fourth-order valence-electron chi connectivity index (χ4n) is 1.08. The highest BCUT2D eigenvalue weighted by Gasteiger charge is 2.17. The van der Waals surface area contributed by atoms with Crippen molar-refractivity contribution in [3.05, 3.63) is 30.3 Å². The van der Waals surface area contributed by atoms with Crippen LogP contribution in [0.3, 0.4) is 0 Å². The van der Waals surface area contributed by atoms with Crippen molar-refractivity contribution in [2.24, 2.45) is 0 Å². The summed E-state index contributed by atoms with van der Waals surface area (Å²) >= 11 is 1.69. The van der Waals surface area contributed by atoms with Crippen LogP contribution in [0.15, 0.2) is 30.3 Å². The number of amides is 1. The molecule has 0 aliphatic rings. The zero-order valence-electron chi connectivity index (χ0n) is 10.1. The quantitative estimate of drug-likeness (QED) is 0.848. The predicted molar refractivity (Wildman–Crippen MR) is 71.9 cm³/mol. The number of carbonyl (C=O) groups is 1. The third kappa shape index (κ3) is 4.71. The number of nitrogens with one attached hydrogen (secondary N) is 1. The van der Waals surface area contributed by atoms with Crippen molar-refractivity contribution in [3.8, 4) is 0 Å². The summed E-state index contributed by atoms with van der Waals surface area (Å²) in [5, 5.41) is 2.88. The Morgan fingerprint density at radius 3 is 2.50 bits per heavy atom. The molecule has 1 rings (SSSR count). The molecule has 0 radical (unpaired) electrons. The topological polar surface area (TPSA) is 29.1 Å². The first-order chi connectivity index (χ1) is 7.53. The van der Waals surface area contributed by atoms with E-state index in [-0.39, 0.29) is 10.7 Å². The van der Waals surface area contributed by atoms with Crippen LogP contribution in [0.5, 0.6) is 0 Å². The maximum Gasteiger partial charge on any atom is 0.234 e. The molecule has 1 amide bonds. The van der Waals surface area contributed by atoms with E-state index in [1.54, 1.807) is 11.8 Å². The van der Waals surface area contributed by atoms with Crippen molar-refractivity contribution < 1.29 is 4.79 Å². The summed E-state index contributed by atoms with van der Waals surface area (Å²) in [6, 6.07) is 9.56. The van der Waals surface area contributed by atoms with Crippen LogP contribution in [0.4, 0.5) is 5.69 Å². The first kappa shape index (κ1) is 13.1. The molecule has 3 heteroatoms. The molecule has 0 aliphatic heterocycles. The Labute approximate surface area is 102 Å². The zero-order valence-corrected chi connectivity index (χ0v) is 10.9. The van der Waals surface area contributed by atoms with Crippen molar-refractivity contribution in [1.29, 1.82) is 0 Å². The highest BCUT2D eigenvalue weighted by Crippen LogP contribution is 2.27. The minimum absolute atomic E-state index is 0.0673. The molecule has 88 valence electrons. The van der Waals surface area contributed by atoms with E-state index in [9.17, 15) is 4.79 Å². The molecule has 1 N–H and O–H groups in total. The van der Waals surface area contributed by atoms with E-state index < -0.39 is 0 Å². The third-order valence-electron chi connectivity index (χ3n) is 2.50. The number of carbonyl (C=O) groups excluding carboxylic acids is 1. The molecular formula is C13H19NOS. The van der Waals surface area contributed by atoms with Gasteiger partial charge in [-0.25, -0.2) is 0 Å². The second-order valence-electron chi connectivity index (χ2n) is 4.32. The SMILES string of the molecule is CCC(C)(C)SCC(=O)Nc1ccccc1. The summed E-state index contributed by atoms with van der Waals surface area (Å²) in [6.45, 7) is 6.46. The van der Waals surface area contributed by atoms with Crippen LogP contribution in [0.25, 0.3) is 0 Å². The maximum atomic E-state index is 11.6. The van der Waals surface area contributed by atoms with Gasteiger partial charge in [-0.3, -0.25) is 4.79 Å². The molecule has 0 aliphatic carbocycles. The van der Waals surface area contributed by atoms with Crippen LogP contribution in [0.1, 0.15) is 27.2 Å². The van der Waals surface area contributed by atoms with E-state index in [0.717, 1.165) is 12.1 Å². The lowest BCUT2D eigenvalue weighted by molar-refractivity contribution is -0.113. The van der Waals surface area contributed by atoms with Crippen LogP contribution < -0.4 is 5.32 Å². The molecular weight excluding hydrogens is 218 g/mol. The molecule has 0 unspecified atom stereocenters. The minimum Gasteiger partial charge on any atom is -0.325 e. The second-order valence-corrected chi connectivity index (χ2v) is 6.00. The van der Waals surface area contributed by atoms with Crippen LogP contribution in [-0.2, 0) is 4.79 Å². The predicted octanol–water partition coefficient (Wildman–Crippen LogP) is 3.55. The van der Waals surface area contributed by atoms with Crippen molar-refractivity contribution in [1.82, 2.24) is 0 Å². The zero-order chi connectivity index (χ0) is 12.0. The molecule has 0 fully saturated rings. The lowest BCUT2D eigenvalue weighted by Crippen LogP contribution is -2.20. The van der Waals surface area contributed by atoms with E-state index in [1.807, 2.05) is 30.3 Å². The Kier molecular flexibility index (Phi) is 4.87. The largest absolute Gasteiger partial charge is 0.325 e. The molecule has 0 saturated heterocycles. The molecule has 0 atom stereocenters. The summed E-state index contributed by atoms with van der Waals surface area (Å²) < 4.78 is 0.175. The highest BCUT2D eigenvalue weighted by molar-refractivity contribution is 8.01. The molecule has 0 spiro atoms. The third-order valence-corrected chi connectivity index (χ3v) is 3.98. The minimum atomic E-state index is 0.0673. The number of thioether (sulfide) groups is 1. The van der Waals surface area contributed by atoms with Crippen LogP contribution in [0, 0.1) is 0 Å². The Morgan fingerprint density at radius 1 is 1.31 bits per heavy atom. The lowest BCUT2D eigenvalue weighted by Gasteiger charge is -2.21. The first-order valence-electron chi connectivity index (χ1n) is 5.52. The van der Waals surface area contributed by atoms with Crippen LogP contribution >= 0.6 is 11.8 Å². The van der Waals surface area contributed by atoms with Gasteiger partial charge in [-0.05, 0) is 18.6 Å². The lowest BCUT2D eigenvalue weighted by atomic mass is 10.1. The van der Waals surface area contributed by atoms with Crippen LogP contribution in [0.2, 0.25) is 0 Å². The molecule has 0 aromatic heterocycles. The summed E-state index contributed by atoms with van der Waals surface area (Å²) in [5.74, 6) is 0.577. The van der Waals surface area contributed by atoms with Gasteiger partial charge < -0.3 is 5.32 Å². The average molecular weight is 237 g/mol. The molecule has 2 nitrogen and oxygen atoms in total. The van der Waals surface area contributed by atoms with Gasteiger partial charge in [-0.1, -0.05) is 39.0 Å². The van der Waals surface area contributed by atoms with E-state index >= 15 is 0 Å². The Morgan fingerprint density at radius 2 is 1.94 bits per heavy atom. The molecule has 0 heterocycles. The number of anilines is 1. The van der Waals surface area contributed by atoms with Gasteiger partial charge in [0, 0.05) is 10.4 Å². The van der Waals surface area contributed by atoms with Gasteiger partial charge >= 0.3 is 0 Å². The van der Waals surface area contributed by atoms with Crippen molar-refractivity contribution in [2.45, 2.75) is 31.9 Å². The Balaban J connectivity index is 2.38.